The van der Waals surface area contributed by atoms with Crippen LogP contribution in [0.5, 0.6) is 5.75 Å². The highest BCUT2D eigenvalue weighted by Crippen LogP contribution is 2.19. The fourth-order valence-corrected chi connectivity index (χ4v) is 2.19. The molecule has 1 amide bonds. The number of phenols is 1. The predicted molar refractivity (Wildman–Crippen MR) is 77.1 cm³/mol. The van der Waals surface area contributed by atoms with Gasteiger partial charge in [0.15, 0.2) is 0 Å². The molecule has 2 N–H and O–H groups in total. The van der Waals surface area contributed by atoms with Gasteiger partial charge < -0.3 is 10.4 Å². The van der Waals surface area contributed by atoms with Gasteiger partial charge in [0, 0.05) is 13.6 Å². The number of aryl methyl sites for hydroxylation is 2. The van der Waals surface area contributed by atoms with Crippen LogP contribution in [0.4, 0.5) is 0 Å². The second kappa shape index (κ2) is 5.96. The monoisotopic (exact) mass is 293 g/mol. The first kappa shape index (κ1) is 14.4. The van der Waals surface area contributed by atoms with Gasteiger partial charge in [0.25, 0.3) is 5.91 Å². The lowest BCUT2D eigenvalue weighted by Gasteiger charge is -2.06. The first-order valence-corrected chi connectivity index (χ1v) is 6.62. The zero-order chi connectivity index (χ0) is 14.7. The maximum absolute atomic E-state index is 12.0. The molecule has 0 radical (unpaired) electrons. The van der Waals surface area contributed by atoms with Gasteiger partial charge in [-0.25, -0.2) is 0 Å². The van der Waals surface area contributed by atoms with Crippen molar-refractivity contribution in [1.29, 1.82) is 0 Å². The van der Waals surface area contributed by atoms with Crippen LogP contribution in [0, 0.1) is 6.92 Å². The zero-order valence-corrected chi connectivity index (χ0v) is 12.1. The molecule has 106 valence electrons. The van der Waals surface area contributed by atoms with Crippen molar-refractivity contribution in [3.05, 3.63) is 46.2 Å². The Morgan fingerprint density at radius 2 is 2.05 bits per heavy atom. The largest absolute Gasteiger partial charge is 0.508 e. The van der Waals surface area contributed by atoms with Crippen LogP contribution in [0.1, 0.15) is 21.7 Å². The number of hydrogen-bond acceptors (Lipinski definition) is 3. The maximum Gasteiger partial charge on any atom is 0.271 e. The summed E-state index contributed by atoms with van der Waals surface area (Å²) in [6.45, 7) is 2.25. The number of nitrogens with one attached hydrogen (secondary N) is 1. The maximum atomic E-state index is 12.0. The van der Waals surface area contributed by atoms with E-state index in [2.05, 4.69) is 10.4 Å². The van der Waals surface area contributed by atoms with E-state index in [0.29, 0.717) is 29.4 Å². The summed E-state index contributed by atoms with van der Waals surface area (Å²) in [4.78, 5) is 12.0. The van der Waals surface area contributed by atoms with Gasteiger partial charge >= 0.3 is 0 Å². The van der Waals surface area contributed by atoms with Crippen molar-refractivity contribution in [1.82, 2.24) is 15.1 Å². The Hall–Kier alpha value is -2.01. The summed E-state index contributed by atoms with van der Waals surface area (Å²) in [5, 5.41) is 16.5. The highest BCUT2D eigenvalue weighted by molar-refractivity contribution is 6.34. The van der Waals surface area contributed by atoms with Gasteiger partial charge in [-0.1, -0.05) is 23.7 Å². The smallest absolute Gasteiger partial charge is 0.271 e. The molecule has 20 heavy (non-hydrogen) atoms. The van der Waals surface area contributed by atoms with E-state index in [1.165, 1.54) is 4.68 Å². The second-order valence-corrected chi connectivity index (χ2v) is 4.92. The molecule has 0 aliphatic heterocycles. The molecule has 0 bridgehead atoms. The van der Waals surface area contributed by atoms with Gasteiger partial charge in [0.05, 0.1) is 10.7 Å². The van der Waals surface area contributed by atoms with Gasteiger partial charge in [-0.2, -0.15) is 5.10 Å². The minimum Gasteiger partial charge on any atom is -0.508 e. The van der Waals surface area contributed by atoms with Crippen molar-refractivity contribution >= 4 is 17.5 Å². The van der Waals surface area contributed by atoms with Crippen LogP contribution in [0.15, 0.2) is 24.3 Å². The molecule has 0 aliphatic carbocycles. The van der Waals surface area contributed by atoms with Crippen LogP contribution in [-0.2, 0) is 13.5 Å². The average molecular weight is 294 g/mol. The van der Waals surface area contributed by atoms with E-state index in [-0.39, 0.29) is 11.7 Å². The van der Waals surface area contributed by atoms with Crippen molar-refractivity contribution < 1.29 is 9.90 Å². The summed E-state index contributed by atoms with van der Waals surface area (Å²) in [5.74, 6) is -0.00759. The third kappa shape index (κ3) is 3.11. The molecule has 2 aromatic rings. The van der Waals surface area contributed by atoms with E-state index in [9.17, 15) is 9.90 Å². The molecule has 6 heteroatoms. The van der Waals surface area contributed by atoms with Crippen molar-refractivity contribution in [2.75, 3.05) is 6.54 Å². The molecule has 5 nitrogen and oxygen atoms in total. The Kier molecular flexibility index (Phi) is 4.29. The number of carbonyl (C=O) groups excluding carboxylic acids is 1. The molecule has 0 saturated carbocycles. The topological polar surface area (TPSA) is 67.2 Å². The summed E-state index contributed by atoms with van der Waals surface area (Å²) < 4.78 is 1.48. The van der Waals surface area contributed by atoms with Crippen LogP contribution in [-0.4, -0.2) is 27.3 Å². The fourth-order valence-electron chi connectivity index (χ4n) is 1.95. The Morgan fingerprint density at radius 3 is 2.60 bits per heavy atom. The standard InChI is InChI=1S/C14H16ClN3O2/c1-9-12(15)13(18(2)17-9)14(20)16-8-7-10-3-5-11(19)6-4-10/h3-6,19H,7-8H2,1-2H3,(H,16,20). The number of amides is 1. The predicted octanol–water partition coefficient (Wildman–Crippen LogP) is 2.06. The van der Waals surface area contributed by atoms with Gasteiger partial charge in [-0.15, -0.1) is 0 Å². The lowest BCUT2D eigenvalue weighted by molar-refractivity contribution is 0.0945. The Balaban J connectivity index is 1.94. The van der Waals surface area contributed by atoms with E-state index < -0.39 is 0 Å². The molecule has 1 aromatic carbocycles. The first-order valence-electron chi connectivity index (χ1n) is 6.24. The minimum atomic E-state index is -0.239. The van der Waals surface area contributed by atoms with Crippen LogP contribution in [0.25, 0.3) is 0 Å². The number of aromatic hydroxyl groups is 1. The van der Waals surface area contributed by atoms with Gasteiger partial charge in [0.1, 0.15) is 11.4 Å². The minimum absolute atomic E-state index is 0.231. The van der Waals surface area contributed by atoms with E-state index in [1.807, 2.05) is 12.1 Å². The van der Waals surface area contributed by atoms with Crippen LogP contribution in [0.3, 0.4) is 0 Å². The molecular formula is C14H16ClN3O2. The number of phenolic OH excluding ortho intramolecular Hbond substituents is 1. The summed E-state index contributed by atoms with van der Waals surface area (Å²) in [5.41, 5.74) is 2.04. The highest BCUT2D eigenvalue weighted by Gasteiger charge is 2.17. The van der Waals surface area contributed by atoms with Gasteiger partial charge in [-0.05, 0) is 31.0 Å². The molecule has 0 atom stereocenters. The zero-order valence-electron chi connectivity index (χ0n) is 11.4. The number of carbonyl (C=O) groups is 1. The molecule has 2 rings (SSSR count). The molecule has 0 saturated heterocycles. The van der Waals surface area contributed by atoms with Crippen molar-refractivity contribution in [2.24, 2.45) is 7.05 Å². The molecular weight excluding hydrogens is 278 g/mol. The Bertz CT molecular complexity index is 620. The van der Waals surface area contributed by atoms with E-state index in [4.69, 9.17) is 11.6 Å². The van der Waals surface area contributed by atoms with E-state index >= 15 is 0 Å². The van der Waals surface area contributed by atoms with Crippen LogP contribution < -0.4 is 5.32 Å². The third-order valence-corrected chi connectivity index (χ3v) is 3.45. The molecule has 1 aromatic heterocycles. The molecule has 0 spiro atoms. The highest BCUT2D eigenvalue weighted by atomic mass is 35.5. The number of benzene rings is 1. The summed E-state index contributed by atoms with van der Waals surface area (Å²) in [7, 11) is 1.69. The van der Waals surface area contributed by atoms with Gasteiger partial charge in [-0.3, -0.25) is 9.48 Å². The molecule has 0 fully saturated rings. The summed E-state index contributed by atoms with van der Waals surface area (Å²) in [6, 6.07) is 6.89. The van der Waals surface area contributed by atoms with E-state index in [1.54, 1.807) is 26.1 Å². The molecule has 1 heterocycles. The van der Waals surface area contributed by atoms with Crippen LogP contribution in [0.2, 0.25) is 5.02 Å². The third-order valence-electron chi connectivity index (χ3n) is 3.00. The Labute approximate surface area is 122 Å². The lowest BCUT2D eigenvalue weighted by atomic mass is 10.1. The normalized spacial score (nSPS) is 10.6. The van der Waals surface area contributed by atoms with Crippen molar-refractivity contribution in [2.45, 2.75) is 13.3 Å². The quantitative estimate of drug-likeness (QED) is 0.907. The second-order valence-electron chi connectivity index (χ2n) is 4.54. The SMILES string of the molecule is Cc1nn(C)c(C(=O)NCCc2ccc(O)cc2)c1Cl. The van der Waals surface area contributed by atoms with Gasteiger partial charge in [0.2, 0.25) is 0 Å². The number of halogens is 1. The summed E-state index contributed by atoms with van der Waals surface area (Å²) >= 11 is 6.05. The molecule has 0 aliphatic rings. The average Bonchev–Trinajstić information content (AvgIpc) is 2.65. The van der Waals surface area contributed by atoms with Crippen molar-refractivity contribution in [3.63, 3.8) is 0 Å². The first-order chi connectivity index (χ1) is 9.49. The summed E-state index contributed by atoms with van der Waals surface area (Å²) in [6.07, 6.45) is 0.681. The lowest BCUT2D eigenvalue weighted by Crippen LogP contribution is -2.27. The van der Waals surface area contributed by atoms with E-state index in [0.717, 1.165) is 5.56 Å². The number of rotatable bonds is 4. The van der Waals surface area contributed by atoms with Crippen LogP contribution >= 0.6 is 11.6 Å². The van der Waals surface area contributed by atoms with Crippen molar-refractivity contribution in [3.8, 4) is 5.75 Å². The number of aromatic nitrogens is 2. The fraction of sp³-hybridized carbons (Fsp3) is 0.286. The number of nitrogens with zero attached hydrogens (tertiary/aromatic N) is 2. The number of hydrogen-bond donors (Lipinski definition) is 2. The Morgan fingerprint density at radius 1 is 1.40 bits per heavy atom. The molecule has 0 unspecified atom stereocenters.